The summed E-state index contributed by atoms with van der Waals surface area (Å²) >= 11 is 0. The zero-order chi connectivity index (χ0) is 9.31. The van der Waals surface area contributed by atoms with Crippen LogP contribution in [-0.4, -0.2) is 23.3 Å². The third kappa shape index (κ3) is 1.62. The fourth-order valence-corrected chi connectivity index (χ4v) is 2.98. The second-order valence-electron chi connectivity index (χ2n) is 4.79. The van der Waals surface area contributed by atoms with Crippen molar-refractivity contribution in [1.29, 1.82) is 0 Å². The fraction of sp³-hybridized carbons (Fsp3) is 1.00. The molecule has 2 N–H and O–H groups in total. The number of aliphatic hydroxyl groups is 1. The molecule has 0 aromatic rings. The van der Waals surface area contributed by atoms with E-state index in [1.165, 1.54) is 32.1 Å². The van der Waals surface area contributed by atoms with Crippen molar-refractivity contribution in [3.8, 4) is 0 Å². The molecule has 2 rings (SSSR count). The number of nitrogens with one attached hydrogen (secondary N) is 1. The predicted octanol–water partition coefficient (Wildman–Crippen LogP) is 1.68. The van der Waals surface area contributed by atoms with Gasteiger partial charge in [0.15, 0.2) is 0 Å². The summed E-state index contributed by atoms with van der Waals surface area (Å²) in [7, 11) is 0. The molecule has 0 radical (unpaired) electrons. The van der Waals surface area contributed by atoms with E-state index in [1.54, 1.807) is 0 Å². The molecule has 1 heterocycles. The normalized spacial score (nSPS) is 46.6. The summed E-state index contributed by atoms with van der Waals surface area (Å²) in [6, 6.07) is 0.378. The highest BCUT2D eigenvalue weighted by Crippen LogP contribution is 2.38. The number of hydrogen-bond donors (Lipinski definition) is 2. The van der Waals surface area contributed by atoms with Crippen LogP contribution in [0.2, 0.25) is 0 Å². The van der Waals surface area contributed by atoms with Crippen molar-refractivity contribution in [3.63, 3.8) is 0 Å². The first-order valence-electron chi connectivity index (χ1n) is 5.69. The minimum atomic E-state index is -0.394. The average Bonchev–Trinajstić information content (AvgIpc) is 2.63. The molecule has 2 nitrogen and oxygen atoms in total. The summed E-state index contributed by atoms with van der Waals surface area (Å²) < 4.78 is 0. The molecule has 1 saturated heterocycles. The Kier molecular flexibility index (Phi) is 2.61. The molecule has 2 heteroatoms. The van der Waals surface area contributed by atoms with Crippen molar-refractivity contribution in [2.45, 2.75) is 57.1 Å². The van der Waals surface area contributed by atoms with Gasteiger partial charge in [-0.3, -0.25) is 0 Å². The quantitative estimate of drug-likeness (QED) is 0.648. The zero-order valence-corrected chi connectivity index (χ0v) is 8.55. The summed E-state index contributed by atoms with van der Waals surface area (Å²) in [5.74, 6) is 0.483. The maximum Gasteiger partial charge on any atom is 0.0825 e. The third-order valence-electron chi connectivity index (χ3n) is 3.98. The maximum atomic E-state index is 10.6. The van der Waals surface area contributed by atoms with E-state index in [0.717, 1.165) is 13.0 Å². The highest BCUT2D eigenvalue weighted by molar-refractivity contribution is 4.99. The van der Waals surface area contributed by atoms with Crippen LogP contribution in [0.1, 0.15) is 45.4 Å². The average molecular weight is 183 g/mol. The Hall–Kier alpha value is -0.0800. The van der Waals surface area contributed by atoms with E-state index in [9.17, 15) is 5.11 Å². The van der Waals surface area contributed by atoms with Gasteiger partial charge in [-0.1, -0.05) is 19.8 Å². The molecule has 0 aromatic heterocycles. The van der Waals surface area contributed by atoms with E-state index < -0.39 is 5.60 Å². The van der Waals surface area contributed by atoms with E-state index in [-0.39, 0.29) is 0 Å². The predicted molar refractivity (Wildman–Crippen MR) is 53.6 cm³/mol. The first-order chi connectivity index (χ1) is 6.23. The molecule has 0 spiro atoms. The Morgan fingerprint density at radius 1 is 1.23 bits per heavy atom. The smallest absolute Gasteiger partial charge is 0.0825 e. The summed E-state index contributed by atoms with van der Waals surface area (Å²) in [6.45, 7) is 3.30. The molecule has 0 aromatic carbocycles. The topological polar surface area (TPSA) is 32.3 Å². The van der Waals surface area contributed by atoms with E-state index >= 15 is 0 Å². The van der Waals surface area contributed by atoms with E-state index in [1.807, 2.05) is 0 Å². The van der Waals surface area contributed by atoms with Gasteiger partial charge in [0.1, 0.15) is 0 Å². The second kappa shape index (κ2) is 3.58. The molecule has 3 atom stereocenters. The van der Waals surface area contributed by atoms with E-state index in [2.05, 4.69) is 12.2 Å². The summed E-state index contributed by atoms with van der Waals surface area (Å²) in [5.41, 5.74) is -0.394. The van der Waals surface area contributed by atoms with Crippen LogP contribution < -0.4 is 5.32 Å². The number of hydrogen-bond acceptors (Lipinski definition) is 2. The van der Waals surface area contributed by atoms with Crippen LogP contribution in [0.25, 0.3) is 0 Å². The largest absolute Gasteiger partial charge is 0.388 e. The van der Waals surface area contributed by atoms with Gasteiger partial charge in [-0.05, 0) is 38.1 Å². The molecule has 76 valence electrons. The van der Waals surface area contributed by atoms with E-state index in [0.29, 0.717) is 12.0 Å². The summed E-state index contributed by atoms with van der Waals surface area (Å²) in [4.78, 5) is 0. The highest BCUT2D eigenvalue weighted by Gasteiger charge is 2.43. The second-order valence-corrected chi connectivity index (χ2v) is 4.79. The fourth-order valence-electron chi connectivity index (χ4n) is 2.98. The van der Waals surface area contributed by atoms with Crippen molar-refractivity contribution < 1.29 is 5.11 Å². The van der Waals surface area contributed by atoms with Crippen LogP contribution >= 0.6 is 0 Å². The van der Waals surface area contributed by atoms with Gasteiger partial charge < -0.3 is 10.4 Å². The van der Waals surface area contributed by atoms with Gasteiger partial charge in [-0.2, -0.15) is 0 Å². The van der Waals surface area contributed by atoms with Crippen LogP contribution in [0.5, 0.6) is 0 Å². The molecule has 1 saturated carbocycles. The van der Waals surface area contributed by atoms with Crippen molar-refractivity contribution in [1.82, 2.24) is 5.32 Å². The van der Waals surface area contributed by atoms with Gasteiger partial charge in [0.05, 0.1) is 5.60 Å². The SMILES string of the molecule is CC1CCCCC1(O)C1CCCN1. The highest BCUT2D eigenvalue weighted by atomic mass is 16.3. The van der Waals surface area contributed by atoms with Crippen LogP contribution in [0.4, 0.5) is 0 Å². The molecule has 3 unspecified atom stereocenters. The minimum Gasteiger partial charge on any atom is -0.388 e. The molecule has 1 aliphatic carbocycles. The number of rotatable bonds is 1. The van der Waals surface area contributed by atoms with Crippen LogP contribution in [0.15, 0.2) is 0 Å². The van der Waals surface area contributed by atoms with Crippen LogP contribution in [-0.2, 0) is 0 Å². The molecule has 2 aliphatic rings. The molecule has 13 heavy (non-hydrogen) atoms. The molecular formula is C11H21NO. The van der Waals surface area contributed by atoms with Crippen molar-refractivity contribution >= 4 is 0 Å². The molecule has 0 amide bonds. The van der Waals surface area contributed by atoms with Crippen LogP contribution in [0.3, 0.4) is 0 Å². The zero-order valence-electron chi connectivity index (χ0n) is 8.55. The van der Waals surface area contributed by atoms with Gasteiger partial charge in [0.2, 0.25) is 0 Å². The summed E-state index contributed by atoms with van der Waals surface area (Å²) in [5, 5.41) is 14.0. The minimum absolute atomic E-state index is 0.378. The lowest BCUT2D eigenvalue weighted by molar-refractivity contribution is -0.0666. The van der Waals surface area contributed by atoms with Crippen molar-refractivity contribution in [2.24, 2.45) is 5.92 Å². The Morgan fingerprint density at radius 2 is 2.08 bits per heavy atom. The van der Waals surface area contributed by atoms with Gasteiger partial charge in [-0.15, -0.1) is 0 Å². The summed E-state index contributed by atoms with van der Waals surface area (Å²) in [6.07, 6.45) is 7.12. The Labute approximate surface area is 80.7 Å². The monoisotopic (exact) mass is 183 g/mol. The van der Waals surface area contributed by atoms with Gasteiger partial charge >= 0.3 is 0 Å². The van der Waals surface area contributed by atoms with Crippen molar-refractivity contribution in [2.75, 3.05) is 6.54 Å². The van der Waals surface area contributed by atoms with Gasteiger partial charge in [-0.25, -0.2) is 0 Å². The van der Waals surface area contributed by atoms with Crippen LogP contribution in [0, 0.1) is 5.92 Å². The van der Waals surface area contributed by atoms with E-state index in [4.69, 9.17) is 0 Å². The Bertz CT molecular complexity index is 177. The first kappa shape index (κ1) is 9.47. The lowest BCUT2D eigenvalue weighted by Crippen LogP contribution is -2.53. The first-order valence-corrected chi connectivity index (χ1v) is 5.69. The Balaban J connectivity index is 2.06. The molecule has 2 fully saturated rings. The maximum absolute atomic E-state index is 10.6. The molecule has 0 bridgehead atoms. The van der Waals surface area contributed by atoms with Crippen molar-refractivity contribution in [3.05, 3.63) is 0 Å². The Morgan fingerprint density at radius 3 is 2.69 bits per heavy atom. The molecule has 1 aliphatic heterocycles. The molecular weight excluding hydrogens is 162 g/mol. The third-order valence-corrected chi connectivity index (χ3v) is 3.98. The van der Waals surface area contributed by atoms with Gasteiger partial charge in [0, 0.05) is 6.04 Å². The standard InChI is InChI=1S/C11H21NO/c1-9-5-2-3-7-11(9,13)10-6-4-8-12-10/h9-10,12-13H,2-8H2,1H3. The van der Waals surface area contributed by atoms with Gasteiger partial charge in [0.25, 0.3) is 0 Å². The lowest BCUT2D eigenvalue weighted by atomic mass is 9.72. The lowest BCUT2D eigenvalue weighted by Gasteiger charge is -2.42.